The minimum Gasteiger partial charge on any atom is -0.323 e. The normalized spacial score (nSPS) is 12.3. The van der Waals surface area contributed by atoms with Gasteiger partial charge in [-0.2, -0.15) is 0 Å². The van der Waals surface area contributed by atoms with Gasteiger partial charge >= 0.3 is 0 Å². The second kappa shape index (κ2) is 5.43. The fraction of sp³-hybridized carbons (Fsp3) is 0.222. The van der Waals surface area contributed by atoms with Gasteiger partial charge < -0.3 is 11.1 Å². The molecule has 0 fully saturated rings. The Morgan fingerprint density at radius 3 is 2.20 bits per heavy atom. The highest BCUT2D eigenvalue weighted by molar-refractivity contribution is 9.11. The van der Waals surface area contributed by atoms with Crippen molar-refractivity contribution in [2.75, 3.05) is 5.32 Å². The molecule has 0 heterocycles. The zero-order chi connectivity index (χ0) is 11.6. The number of hydrogen-bond donors (Lipinski definition) is 2. The second-order valence-corrected chi connectivity index (χ2v) is 5.65. The standard InChI is InChI=1S/C9H9Br3N2O/c1-4(13)9(15)14-8-6(11)2-5(10)3-7(8)12/h2-4H,13H2,1H3,(H,14,15). The zero-order valence-corrected chi connectivity index (χ0v) is 12.6. The average Bonchev–Trinajstić information content (AvgIpc) is 2.10. The summed E-state index contributed by atoms with van der Waals surface area (Å²) in [5.41, 5.74) is 6.14. The molecule has 0 saturated carbocycles. The molecule has 0 aliphatic heterocycles. The second-order valence-electron chi connectivity index (χ2n) is 3.02. The molecule has 82 valence electrons. The maximum atomic E-state index is 11.4. The molecule has 0 aliphatic rings. The quantitative estimate of drug-likeness (QED) is 0.800. The lowest BCUT2D eigenvalue weighted by atomic mass is 10.3. The molecule has 0 bridgehead atoms. The van der Waals surface area contributed by atoms with Crippen LogP contribution in [0.4, 0.5) is 5.69 Å². The maximum Gasteiger partial charge on any atom is 0.241 e. The molecule has 3 nitrogen and oxygen atoms in total. The van der Waals surface area contributed by atoms with Crippen LogP contribution < -0.4 is 11.1 Å². The molecule has 1 atom stereocenters. The van der Waals surface area contributed by atoms with Crippen molar-refractivity contribution >= 4 is 59.4 Å². The third kappa shape index (κ3) is 3.55. The first-order valence-electron chi connectivity index (χ1n) is 4.13. The Hall–Kier alpha value is 0.0900. The minimum absolute atomic E-state index is 0.223. The molecule has 1 aromatic carbocycles. The van der Waals surface area contributed by atoms with Crippen LogP contribution in [0.2, 0.25) is 0 Å². The molecule has 1 amide bonds. The molecule has 0 radical (unpaired) electrons. The van der Waals surface area contributed by atoms with Gasteiger partial charge in [0.25, 0.3) is 0 Å². The van der Waals surface area contributed by atoms with Gasteiger partial charge in [0, 0.05) is 13.4 Å². The Kier molecular flexibility index (Phi) is 4.76. The Balaban J connectivity index is 3.00. The first kappa shape index (κ1) is 13.2. The lowest BCUT2D eigenvalue weighted by molar-refractivity contribution is -0.117. The van der Waals surface area contributed by atoms with E-state index >= 15 is 0 Å². The van der Waals surface area contributed by atoms with Crippen LogP contribution in [0.5, 0.6) is 0 Å². The Bertz CT molecular complexity index is 370. The van der Waals surface area contributed by atoms with Crippen LogP contribution in [0.1, 0.15) is 6.92 Å². The molecule has 1 aromatic rings. The summed E-state index contributed by atoms with van der Waals surface area (Å²) in [6, 6.07) is 3.16. The van der Waals surface area contributed by atoms with E-state index in [4.69, 9.17) is 5.73 Å². The Morgan fingerprint density at radius 1 is 1.33 bits per heavy atom. The van der Waals surface area contributed by atoms with E-state index in [-0.39, 0.29) is 5.91 Å². The van der Waals surface area contributed by atoms with Gasteiger partial charge in [0.05, 0.1) is 11.7 Å². The molecule has 0 spiro atoms. The summed E-state index contributed by atoms with van der Waals surface area (Å²) >= 11 is 10.1. The molecule has 1 unspecified atom stereocenters. The third-order valence-electron chi connectivity index (χ3n) is 1.67. The van der Waals surface area contributed by atoms with E-state index in [2.05, 4.69) is 53.1 Å². The first-order valence-corrected chi connectivity index (χ1v) is 6.50. The molecule has 1 rings (SSSR count). The highest BCUT2D eigenvalue weighted by Crippen LogP contribution is 2.34. The minimum atomic E-state index is -0.535. The number of nitrogens with two attached hydrogens (primary N) is 1. The predicted molar refractivity (Wildman–Crippen MR) is 71.8 cm³/mol. The topological polar surface area (TPSA) is 55.1 Å². The van der Waals surface area contributed by atoms with Crippen molar-refractivity contribution in [2.24, 2.45) is 5.73 Å². The molecular weight excluding hydrogens is 392 g/mol. The van der Waals surface area contributed by atoms with Crippen molar-refractivity contribution in [1.29, 1.82) is 0 Å². The van der Waals surface area contributed by atoms with Crippen molar-refractivity contribution in [2.45, 2.75) is 13.0 Å². The molecule has 0 saturated heterocycles. The van der Waals surface area contributed by atoms with E-state index in [0.29, 0.717) is 5.69 Å². The molecule has 15 heavy (non-hydrogen) atoms. The van der Waals surface area contributed by atoms with Crippen molar-refractivity contribution in [3.8, 4) is 0 Å². The van der Waals surface area contributed by atoms with E-state index in [1.165, 1.54) is 0 Å². The van der Waals surface area contributed by atoms with Gasteiger partial charge in [-0.3, -0.25) is 4.79 Å². The number of anilines is 1. The number of carbonyl (C=O) groups excluding carboxylic acids is 1. The van der Waals surface area contributed by atoms with Gasteiger partial charge in [-0.05, 0) is 50.9 Å². The number of benzene rings is 1. The number of amides is 1. The monoisotopic (exact) mass is 398 g/mol. The number of hydrogen-bond acceptors (Lipinski definition) is 2. The highest BCUT2D eigenvalue weighted by Gasteiger charge is 2.12. The van der Waals surface area contributed by atoms with Gasteiger partial charge in [0.2, 0.25) is 5.91 Å². The largest absolute Gasteiger partial charge is 0.323 e. The molecule has 6 heteroatoms. The fourth-order valence-corrected chi connectivity index (χ4v) is 3.36. The maximum absolute atomic E-state index is 11.4. The number of halogens is 3. The summed E-state index contributed by atoms with van der Waals surface area (Å²) in [6.45, 7) is 1.63. The lowest BCUT2D eigenvalue weighted by Crippen LogP contribution is -2.32. The van der Waals surface area contributed by atoms with Crippen molar-refractivity contribution in [3.63, 3.8) is 0 Å². The summed E-state index contributed by atoms with van der Waals surface area (Å²) in [5, 5.41) is 2.73. The zero-order valence-electron chi connectivity index (χ0n) is 7.85. The average molecular weight is 401 g/mol. The summed E-state index contributed by atoms with van der Waals surface area (Å²) < 4.78 is 2.50. The number of carbonyl (C=O) groups is 1. The lowest BCUT2D eigenvalue weighted by Gasteiger charge is -2.11. The summed E-state index contributed by atoms with van der Waals surface area (Å²) in [7, 11) is 0. The molecule has 0 aromatic heterocycles. The van der Waals surface area contributed by atoms with Gasteiger partial charge in [-0.1, -0.05) is 15.9 Å². The predicted octanol–water partition coefficient (Wildman–Crippen LogP) is 3.26. The Labute approximate surface area is 113 Å². The van der Waals surface area contributed by atoms with Crippen LogP contribution >= 0.6 is 47.8 Å². The van der Waals surface area contributed by atoms with Crippen LogP contribution in [0.15, 0.2) is 25.6 Å². The number of rotatable bonds is 2. The van der Waals surface area contributed by atoms with Crippen molar-refractivity contribution in [3.05, 3.63) is 25.6 Å². The molecule has 3 N–H and O–H groups in total. The smallest absolute Gasteiger partial charge is 0.241 e. The fourth-order valence-electron chi connectivity index (χ4n) is 0.899. The van der Waals surface area contributed by atoms with Gasteiger partial charge in [-0.25, -0.2) is 0 Å². The highest BCUT2D eigenvalue weighted by atomic mass is 79.9. The van der Waals surface area contributed by atoms with Gasteiger partial charge in [-0.15, -0.1) is 0 Å². The van der Waals surface area contributed by atoms with E-state index in [1.807, 2.05) is 12.1 Å². The van der Waals surface area contributed by atoms with E-state index in [0.717, 1.165) is 13.4 Å². The SMILES string of the molecule is CC(N)C(=O)Nc1c(Br)cc(Br)cc1Br. The van der Waals surface area contributed by atoms with Crippen LogP contribution in [0.3, 0.4) is 0 Å². The summed E-state index contributed by atoms with van der Waals surface area (Å²) in [6.07, 6.45) is 0. The van der Waals surface area contributed by atoms with Crippen LogP contribution in [0, 0.1) is 0 Å². The van der Waals surface area contributed by atoms with Crippen LogP contribution in [0.25, 0.3) is 0 Å². The third-order valence-corrected chi connectivity index (χ3v) is 3.38. The Morgan fingerprint density at radius 2 is 1.80 bits per heavy atom. The molecule has 0 aliphatic carbocycles. The van der Waals surface area contributed by atoms with Crippen molar-refractivity contribution < 1.29 is 4.79 Å². The summed E-state index contributed by atoms with van der Waals surface area (Å²) in [5.74, 6) is -0.223. The van der Waals surface area contributed by atoms with Crippen LogP contribution in [-0.4, -0.2) is 11.9 Å². The van der Waals surface area contributed by atoms with Crippen LogP contribution in [-0.2, 0) is 4.79 Å². The van der Waals surface area contributed by atoms with Crippen molar-refractivity contribution in [1.82, 2.24) is 0 Å². The van der Waals surface area contributed by atoms with Gasteiger partial charge in [0.15, 0.2) is 0 Å². The van der Waals surface area contributed by atoms with E-state index in [9.17, 15) is 4.79 Å². The van der Waals surface area contributed by atoms with Gasteiger partial charge in [0.1, 0.15) is 0 Å². The van der Waals surface area contributed by atoms with E-state index in [1.54, 1.807) is 6.92 Å². The van der Waals surface area contributed by atoms with E-state index < -0.39 is 6.04 Å². The first-order chi connectivity index (χ1) is 6.91. The summed E-state index contributed by atoms with van der Waals surface area (Å²) in [4.78, 5) is 11.4. The molecular formula is C9H9Br3N2O. The number of nitrogens with one attached hydrogen (secondary N) is 1.